The van der Waals surface area contributed by atoms with Gasteiger partial charge in [-0.05, 0) is 18.1 Å². The molecule has 0 aliphatic rings. The van der Waals surface area contributed by atoms with Crippen molar-refractivity contribution in [3.05, 3.63) is 38.9 Å². The van der Waals surface area contributed by atoms with E-state index in [4.69, 9.17) is 16.3 Å². The fourth-order valence-corrected chi connectivity index (χ4v) is 2.22. The molecule has 2 atom stereocenters. The highest BCUT2D eigenvalue weighted by Crippen LogP contribution is 2.23. The summed E-state index contributed by atoms with van der Waals surface area (Å²) in [7, 11) is 1.20. The van der Waals surface area contributed by atoms with E-state index in [1.165, 1.54) is 13.2 Å². The van der Waals surface area contributed by atoms with E-state index in [2.05, 4.69) is 10.1 Å². The summed E-state index contributed by atoms with van der Waals surface area (Å²) in [6, 6.07) is 2.51. The monoisotopic (exact) mass is 386 g/mol. The van der Waals surface area contributed by atoms with Gasteiger partial charge >= 0.3 is 11.9 Å². The third-order valence-corrected chi connectivity index (χ3v) is 3.93. The molecular weight excluding hydrogens is 368 g/mol. The zero-order valence-corrected chi connectivity index (χ0v) is 15.2. The number of nitrogens with zero attached hydrogens (tertiary/aromatic N) is 1. The van der Waals surface area contributed by atoms with Crippen molar-refractivity contribution >= 4 is 35.1 Å². The summed E-state index contributed by atoms with van der Waals surface area (Å²) in [5.74, 6) is -2.63. The summed E-state index contributed by atoms with van der Waals surface area (Å²) in [5, 5.41) is 13.5. The van der Waals surface area contributed by atoms with Gasteiger partial charge in [-0.25, -0.2) is 9.59 Å². The molecule has 26 heavy (non-hydrogen) atoms. The van der Waals surface area contributed by atoms with Gasteiger partial charge in [0.2, 0.25) is 0 Å². The largest absolute Gasteiger partial charge is 0.467 e. The number of ether oxygens (including phenoxy) is 2. The van der Waals surface area contributed by atoms with Gasteiger partial charge in [-0.2, -0.15) is 0 Å². The number of carbonyl (C=O) groups excluding carboxylic acids is 3. The Morgan fingerprint density at radius 2 is 2.00 bits per heavy atom. The van der Waals surface area contributed by atoms with Crippen molar-refractivity contribution in [1.82, 2.24) is 5.32 Å². The highest BCUT2D eigenvalue weighted by molar-refractivity contribution is 6.31. The Labute approximate surface area is 154 Å². The van der Waals surface area contributed by atoms with Gasteiger partial charge in [0.25, 0.3) is 11.6 Å². The zero-order valence-electron chi connectivity index (χ0n) is 14.5. The second-order valence-electron chi connectivity index (χ2n) is 5.45. The number of methoxy groups -OCH3 is 1. The van der Waals surface area contributed by atoms with Crippen molar-refractivity contribution < 1.29 is 28.8 Å². The molecular formula is C16H19ClN2O7. The van der Waals surface area contributed by atoms with Gasteiger partial charge in [-0.3, -0.25) is 14.9 Å². The molecule has 0 heterocycles. The first kappa shape index (κ1) is 21.4. The van der Waals surface area contributed by atoms with Gasteiger partial charge in [0.1, 0.15) is 11.6 Å². The van der Waals surface area contributed by atoms with Crippen LogP contribution >= 0.6 is 11.6 Å². The summed E-state index contributed by atoms with van der Waals surface area (Å²) in [6.07, 6.45) is 0.606. The molecule has 0 aromatic heterocycles. The third-order valence-electron chi connectivity index (χ3n) is 3.69. The summed E-state index contributed by atoms with van der Waals surface area (Å²) < 4.78 is 9.43. The van der Waals surface area contributed by atoms with E-state index in [0.717, 1.165) is 12.1 Å². The first-order valence-electron chi connectivity index (χ1n) is 7.69. The predicted octanol–water partition coefficient (Wildman–Crippen LogP) is 2.11. The highest BCUT2D eigenvalue weighted by Gasteiger charge is 2.28. The third kappa shape index (κ3) is 5.69. The average molecular weight is 387 g/mol. The van der Waals surface area contributed by atoms with Gasteiger partial charge < -0.3 is 14.8 Å². The van der Waals surface area contributed by atoms with Gasteiger partial charge in [0, 0.05) is 11.1 Å². The zero-order chi connectivity index (χ0) is 19.9. The van der Waals surface area contributed by atoms with Crippen molar-refractivity contribution in [3.63, 3.8) is 0 Å². The molecule has 0 saturated heterocycles. The van der Waals surface area contributed by atoms with Crippen LogP contribution in [0.4, 0.5) is 5.69 Å². The molecule has 0 spiro atoms. The van der Waals surface area contributed by atoms with Crippen LogP contribution in [0.15, 0.2) is 18.2 Å². The van der Waals surface area contributed by atoms with E-state index in [9.17, 15) is 24.5 Å². The number of amides is 1. The Kier molecular flexibility index (Phi) is 7.98. The average Bonchev–Trinajstić information content (AvgIpc) is 2.62. The maximum Gasteiger partial charge on any atom is 0.345 e. The number of nitrogens with one attached hydrogen (secondary N) is 1. The molecule has 1 N–H and O–H groups in total. The molecule has 142 valence electrons. The molecule has 10 heteroatoms. The van der Waals surface area contributed by atoms with Crippen LogP contribution < -0.4 is 5.32 Å². The summed E-state index contributed by atoms with van der Waals surface area (Å²) >= 11 is 5.74. The van der Waals surface area contributed by atoms with E-state index in [1.54, 1.807) is 6.92 Å². The standard InChI is InChI=1S/C16H19ClN2O7/c1-4-9(2)14(16(22)25-3)18-13(20)8-26-15(21)11-7-10(17)5-6-12(11)19(23)24/h5-7,9,14H,4,8H2,1-3H3,(H,18,20)/t9-,14+/m0/s1. The SMILES string of the molecule is CC[C@H](C)[C@@H](NC(=O)COC(=O)c1cc(Cl)ccc1[N+](=O)[O-])C(=O)OC. The Hall–Kier alpha value is -2.68. The minimum Gasteiger partial charge on any atom is -0.467 e. The summed E-state index contributed by atoms with van der Waals surface area (Å²) in [4.78, 5) is 45.9. The van der Waals surface area contributed by atoms with Gasteiger partial charge in [0.05, 0.1) is 12.0 Å². The minimum absolute atomic E-state index is 0.106. The van der Waals surface area contributed by atoms with E-state index in [-0.39, 0.29) is 16.5 Å². The molecule has 9 nitrogen and oxygen atoms in total. The van der Waals surface area contributed by atoms with Crippen molar-refractivity contribution in [3.8, 4) is 0 Å². The molecule has 1 aromatic rings. The number of esters is 2. The second-order valence-corrected chi connectivity index (χ2v) is 5.89. The normalized spacial score (nSPS) is 12.6. The van der Waals surface area contributed by atoms with Crippen LogP contribution in [0.3, 0.4) is 0 Å². The lowest BCUT2D eigenvalue weighted by Crippen LogP contribution is -2.47. The number of nitro benzene ring substituents is 1. The number of nitro groups is 1. The quantitative estimate of drug-likeness (QED) is 0.412. The van der Waals surface area contributed by atoms with Crippen LogP contribution in [0, 0.1) is 16.0 Å². The smallest absolute Gasteiger partial charge is 0.345 e. The Balaban J connectivity index is 2.78. The van der Waals surface area contributed by atoms with Crippen LogP contribution in [-0.4, -0.2) is 42.5 Å². The number of rotatable bonds is 8. The lowest BCUT2D eigenvalue weighted by molar-refractivity contribution is -0.385. The number of halogens is 1. The Morgan fingerprint density at radius 1 is 1.35 bits per heavy atom. The van der Waals surface area contributed by atoms with Crippen LogP contribution in [0.2, 0.25) is 5.02 Å². The number of hydrogen-bond acceptors (Lipinski definition) is 7. The maximum atomic E-state index is 12.0. The van der Waals surface area contributed by atoms with E-state index in [0.29, 0.717) is 6.42 Å². The highest BCUT2D eigenvalue weighted by atomic mass is 35.5. The molecule has 0 fully saturated rings. The molecule has 0 radical (unpaired) electrons. The van der Waals surface area contributed by atoms with Gasteiger partial charge in [0.15, 0.2) is 6.61 Å². The number of benzene rings is 1. The van der Waals surface area contributed by atoms with Crippen molar-refractivity contribution in [2.24, 2.45) is 5.92 Å². The first-order valence-corrected chi connectivity index (χ1v) is 8.07. The number of hydrogen-bond donors (Lipinski definition) is 1. The van der Waals surface area contributed by atoms with Crippen molar-refractivity contribution in [2.75, 3.05) is 13.7 Å². The minimum atomic E-state index is -1.08. The maximum absolute atomic E-state index is 12.0. The first-order chi connectivity index (χ1) is 12.2. The fraction of sp³-hybridized carbons (Fsp3) is 0.438. The molecule has 0 aliphatic heterocycles. The van der Waals surface area contributed by atoms with Crippen molar-refractivity contribution in [1.29, 1.82) is 0 Å². The summed E-state index contributed by atoms with van der Waals surface area (Å²) in [5.41, 5.74) is -0.867. The van der Waals surface area contributed by atoms with Gasteiger partial charge in [-0.15, -0.1) is 0 Å². The lowest BCUT2D eigenvalue weighted by Gasteiger charge is -2.21. The summed E-state index contributed by atoms with van der Waals surface area (Å²) in [6.45, 7) is 2.88. The lowest BCUT2D eigenvalue weighted by atomic mass is 9.99. The number of carbonyl (C=O) groups is 3. The fourth-order valence-electron chi connectivity index (χ4n) is 2.05. The molecule has 0 unspecified atom stereocenters. The molecule has 0 bridgehead atoms. The molecule has 0 aliphatic carbocycles. The van der Waals surface area contributed by atoms with Crippen LogP contribution in [-0.2, 0) is 19.1 Å². The molecule has 1 aromatic carbocycles. The molecule has 0 saturated carbocycles. The van der Waals surface area contributed by atoms with E-state index in [1.807, 2.05) is 6.92 Å². The van der Waals surface area contributed by atoms with Crippen LogP contribution in [0.25, 0.3) is 0 Å². The van der Waals surface area contributed by atoms with Crippen molar-refractivity contribution in [2.45, 2.75) is 26.3 Å². The molecule has 1 amide bonds. The van der Waals surface area contributed by atoms with Gasteiger partial charge in [-0.1, -0.05) is 31.9 Å². The van der Waals surface area contributed by atoms with E-state index < -0.39 is 41.1 Å². The van der Waals surface area contributed by atoms with E-state index >= 15 is 0 Å². The Morgan fingerprint density at radius 3 is 2.54 bits per heavy atom. The predicted molar refractivity (Wildman–Crippen MR) is 91.8 cm³/mol. The second kappa shape index (κ2) is 9.71. The van der Waals surface area contributed by atoms with Crippen LogP contribution in [0.1, 0.15) is 30.6 Å². The molecule has 1 rings (SSSR count). The van der Waals surface area contributed by atoms with Crippen LogP contribution in [0.5, 0.6) is 0 Å². The Bertz CT molecular complexity index is 708. The topological polar surface area (TPSA) is 125 Å².